The lowest BCUT2D eigenvalue weighted by atomic mass is 10.1. The van der Waals surface area contributed by atoms with Crippen molar-refractivity contribution in [3.63, 3.8) is 0 Å². The van der Waals surface area contributed by atoms with Gasteiger partial charge in [0.2, 0.25) is 5.91 Å². The van der Waals surface area contributed by atoms with Crippen molar-refractivity contribution in [3.8, 4) is 17.3 Å². The van der Waals surface area contributed by atoms with Crippen LogP contribution in [0.3, 0.4) is 0 Å². The lowest BCUT2D eigenvalue weighted by Crippen LogP contribution is -2.14. The van der Waals surface area contributed by atoms with E-state index in [0.29, 0.717) is 6.42 Å². The van der Waals surface area contributed by atoms with Gasteiger partial charge in [0.25, 0.3) is 0 Å². The molecule has 0 unspecified atom stereocenters. The van der Waals surface area contributed by atoms with Crippen LogP contribution in [-0.4, -0.2) is 21.2 Å². The largest absolute Gasteiger partial charge is 0.325 e. The molecule has 136 valence electrons. The summed E-state index contributed by atoms with van der Waals surface area (Å²) in [6.07, 6.45) is 2.22. The van der Waals surface area contributed by atoms with Crippen molar-refractivity contribution in [2.75, 3.05) is 11.1 Å². The maximum atomic E-state index is 12.3. The number of benzene rings is 2. The van der Waals surface area contributed by atoms with Crippen LogP contribution in [0.1, 0.15) is 12.5 Å². The second kappa shape index (κ2) is 9.06. The van der Waals surface area contributed by atoms with Gasteiger partial charge in [0, 0.05) is 12.2 Å². The number of amides is 1. The molecule has 2 aromatic carbocycles. The molecule has 3 aromatic rings. The molecule has 27 heavy (non-hydrogen) atoms. The Morgan fingerprint density at radius 1 is 1.19 bits per heavy atom. The summed E-state index contributed by atoms with van der Waals surface area (Å²) in [6.45, 7) is 2.86. The van der Waals surface area contributed by atoms with E-state index in [4.69, 9.17) is 5.26 Å². The van der Waals surface area contributed by atoms with Gasteiger partial charge in [-0.05, 0) is 30.2 Å². The Balaban J connectivity index is 1.62. The summed E-state index contributed by atoms with van der Waals surface area (Å²) in [5.41, 5.74) is 3.82. The highest BCUT2D eigenvalue weighted by atomic mass is 32.2. The van der Waals surface area contributed by atoms with Crippen molar-refractivity contribution >= 4 is 23.4 Å². The lowest BCUT2D eigenvalue weighted by molar-refractivity contribution is -0.113. The number of nitriles is 1. The molecule has 0 aliphatic carbocycles. The highest BCUT2D eigenvalue weighted by Crippen LogP contribution is 2.26. The second-order valence-corrected chi connectivity index (χ2v) is 6.85. The van der Waals surface area contributed by atoms with E-state index in [0.717, 1.165) is 34.2 Å². The molecule has 6 heteroatoms. The summed E-state index contributed by atoms with van der Waals surface area (Å²) in [5.74, 6) is 0.200. The van der Waals surface area contributed by atoms with E-state index in [-0.39, 0.29) is 11.7 Å². The average Bonchev–Trinajstić information content (AvgIpc) is 3.12. The van der Waals surface area contributed by atoms with Crippen molar-refractivity contribution in [2.24, 2.45) is 0 Å². The summed E-state index contributed by atoms with van der Waals surface area (Å²) in [7, 11) is 0. The van der Waals surface area contributed by atoms with Crippen LogP contribution < -0.4 is 5.32 Å². The van der Waals surface area contributed by atoms with Crippen molar-refractivity contribution < 1.29 is 4.79 Å². The van der Waals surface area contributed by atoms with Crippen molar-refractivity contribution in [2.45, 2.75) is 25.0 Å². The number of hydrogen-bond donors (Lipinski definition) is 1. The predicted octanol–water partition coefficient (Wildman–Crippen LogP) is 4.37. The molecule has 0 aliphatic rings. The second-order valence-electron chi connectivity index (χ2n) is 5.90. The normalized spacial score (nSPS) is 10.4. The zero-order valence-corrected chi connectivity index (χ0v) is 15.9. The Morgan fingerprint density at radius 3 is 2.59 bits per heavy atom. The van der Waals surface area contributed by atoms with E-state index < -0.39 is 0 Å². The number of carbonyl (C=O) groups excluding carboxylic acids is 1. The first-order valence-electron chi connectivity index (χ1n) is 8.70. The van der Waals surface area contributed by atoms with E-state index in [9.17, 15) is 4.79 Å². The molecule has 0 atom stereocenters. The van der Waals surface area contributed by atoms with E-state index in [1.165, 1.54) is 11.8 Å². The minimum Gasteiger partial charge on any atom is -0.325 e. The zero-order valence-electron chi connectivity index (χ0n) is 15.1. The number of anilines is 1. The average molecular weight is 376 g/mol. The van der Waals surface area contributed by atoms with Crippen LogP contribution in [0.15, 0.2) is 66.0 Å². The van der Waals surface area contributed by atoms with Crippen LogP contribution in [0.4, 0.5) is 5.69 Å². The van der Waals surface area contributed by atoms with Gasteiger partial charge in [-0.15, -0.1) is 0 Å². The molecule has 1 aromatic heterocycles. The van der Waals surface area contributed by atoms with Gasteiger partial charge >= 0.3 is 0 Å². The summed E-state index contributed by atoms with van der Waals surface area (Å²) in [6, 6.07) is 19.5. The van der Waals surface area contributed by atoms with Gasteiger partial charge in [0.05, 0.1) is 30.1 Å². The number of hydrogen-bond acceptors (Lipinski definition) is 4. The zero-order chi connectivity index (χ0) is 19.1. The molecule has 0 saturated heterocycles. The molecule has 0 bridgehead atoms. The SMILES string of the molecule is CCn1c(-c2ccccc2)cnc1SCC(=O)Nc1ccc(CC#N)cc1. The lowest BCUT2D eigenvalue weighted by Gasteiger charge is -2.09. The first kappa shape index (κ1) is 18.7. The van der Waals surface area contributed by atoms with E-state index in [1.54, 1.807) is 0 Å². The van der Waals surface area contributed by atoms with Crippen molar-refractivity contribution in [3.05, 3.63) is 66.4 Å². The van der Waals surface area contributed by atoms with Crippen LogP contribution in [-0.2, 0) is 17.8 Å². The number of imidazole rings is 1. The maximum Gasteiger partial charge on any atom is 0.234 e. The third kappa shape index (κ3) is 4.78. The van der Waals surface area contributed by atoms with Crippen LogP contribution in [0, 0.1) is 11.3 Å². The molecule has 5 nitrogen and oxygen atoms in total. The van der Waals surface area contributed by atoms with Gasteiger partial charge in [0.1, 0.15) is 0 Å². The van der Waals surface area contributed by atoms with Gasteiger partial charge < -0.3 is 9.88 Å². The van der Waals surface area contributed by atoms with Crippen LogP contribution in [0.2, 0.25) is 0 Å². The molecular weight excluding hydrogens is 356 g/mol. The molecule has 0 fully saturated rings. The predicted molar refractivity (Wildman–Crippen MR) is 108 cm³/mol. The maximum absolute atomic E-state index is 12.3. The summed E-state index contributed by atoms with van der Waals surface area (Å²) < 4.78 is 2.12. The molecular formula is C21H20N4OS. The summed E-state index contributed by atoms with van der Waals surface area (Å²) >= 11 is 1.42. The molecule has 1 N–H and O–H groups in total. The van der Waals surface area contributed by atoms with Crippen molar-refractivity contribution in [1.82, 2.24) is 9.55 Å². The Labute approximate surface area is 163 Å². The van der Waals surface area contributed by atoms with Crippen LogP contribution in [0.25, 0.3) is 11.3 Å². The fourth-order valence-corrected chi connectivity index (χ4v) is 3.59. The van der Waals surface area contributed by atoms with Crippen LogP contribution >= 0.6 is 11.8 Å². The van der Waals surface area contributed by atoms with Gasteiger partial charge in [-0.3, -0.25) is 4.79 Å². The van der Waals surface area contributed by atoms with Gasteiger partial charge in [-0.2, -0.15) is 5.26 Å². The third-order valence-electron chi connectivity index (χ3n) is 4.06. The Bertz CT molecular complexity index is 943. The van der Waals surface area contributed by atoms with E-state index >= 15 is 0 Å². The number of nitrogens with one attached hydrogen (secondary N) is 1. The number of thioether (sulfide) groups is 1. The highest BCUT2D eigenvalue weighted by Gasteiger charge is 2.12. The molecule has 0 spiro atoms. The molecule has 1 amide bonds. The minimum atomic E-state index is -0.0834. The Kier molecular flexibility index (Phi) is 6.29. The fourth-order valence-electron chi connectivity index (χ4n) is 2.74. The minimum absolute atomic E-state index is 0.0834. The number of carbonyl (C=O) groups is 1. The van der Waals surface area contributed by atoms with Crippen LogP contribution in [0.5, 0.6) is 0 Å². The molecule has 1 heterocycles. The quantitative estimate of drug-likeness (QED) is 0.622. The first-order chi connectivity index (χ1) is 13.2. The monoisotopic (exact) mass is 376 g/mol. The standard InChI is InChI=1S/C21H20N4OS/c1-2-25-19(17-6-4-3-5-7-17)14-23-21(25)27-15-20(26)24-18-10-8-16(9-11-18)12-13-22/h3-11,14H,2,12,15H2,1H3,(H,24,26). The van der Waals surface area contributed by atoms with Gasteiger partial charge in [-0.1, -0.05) is 54.2 Å². The van der Waals surface area contributed by atoms with E-state index in [1.807, 2.05) is 48.7 Å². The van der Waals surface area contributed by atoms with Gasteiger partial charge in [0.15, 0.2) is 5.16 Å². The summed E-state index contributed by atoms with van der Waals surface area (Å²) in [5, 5.41) is 12.4. The number of nitrogens with zero attached hydrogens (tertiary/aromatic N) is 3. The Morgan fingerprint density at radius 2 is 1.93 bits per heavy atom. The topological polar surface area (TPSA) is 70.7 Å². The number of aromatic nitrogens is 2. The first-order valence-corrected chi connectivity index (χ1v) is 9.69. The van der Waals surface area contributed by atoms with E-state index in [2.05, 4.69) is 40.0 Å². The summed E-state index contributed by atoms with van der Waals surface area (Å²) in [4.78, 5) is 16.7. The molecule has 3 rings (SSSR count). The smallest absolute Gasteiger partial charge is 0.234 e. The molecule has 0 aliphatic heterocycles. The fraction of sp³-hybridized carbons (Fsp3) is 0.190. The number of rotatable bonds is 7. The molecule has 0 saturated carbocycles. The van der Waals surface area contributed by atoms with Crippen molar-refractivity contribution in [1.29, 1.82) is 5.26 Å². The highest BCUT2D eigenvalue weighted by molar-refractivity contribution is 7.99. The van der Waals surface area contributed by atoms with Gasteiger partial charge in [-0.25, -0.2) is 4.98 Å². The third-order valence-corrected chi connectivity index (χ3v) is 5.05. The Hall–Kier alpha value is -3.04. The molecule has 0 radical (unpaired) electrons.